The van der Waals surface area contributed by atoms with E-state index in [9.17, 15) is 9.59 Å². The van der Waals surface area contributed by atoms with Gasteiger partial charge in [0.05, 0.1) is 37.2 Å². The van der Waals surface area contributed by atoms with Crippen LogP contribution in [0, 0.1) is 0 Å². The summed E-state index contributed by atoms with van der Waals surface area (Å²) in [6.07, 6.45) is 3.28. The molecule has 1 atom stereocenters. The molecular formula is C26H26N4O5. The van der Waals surface area contributed by atoms with Crippen molar-refractivity contribution in [3.8, 4) is 28.4 Å². The van der Waals surface area contributed by atoms with Gasteiger partial charge in [-0.15, -0.1) is 0 Å². The van der Waals surface area contributed by atoms with Gasteiger partial charge in [0.1, 0.15) is 6.61 Å². The van der Waals surface area contributed by atoms with Gasteiger partial charge in [-0.05, 0) is 37.3 Å². The van der Waals surface area contributed by atoms with E-state index in [1.54, 1.807) is 44.2 Å². The molecule has 3 aromatic rings. The van der Waals surface area contributed by atoms with Crippen molar-refractivity contribution in [2.75, 3.05) is 20.8 Å². The van der Waals surface area contributed by atoms with Gasteiger partial charge in [0.2, 0.25) is 0 Å². The SMILES string of the molecule is C=CCOC(=O)C1=C(C)NC(=O)N[C@@H]1c1cn(-c2ccccc2)nc1-c1ccc(OC)c(OC)c1. The number of methoxy groups -OCH3 is 2. The highest BCUT2D eigenvalue weighted by atomic mass is 16.5. The van der Waals surface area contributed by atoms with Gasteiger partial charge in [0.15, 0.2) is 11.5 Å². The molecule has 1 aliphatic rings. The molecule has 9 heteroatoms. The summed E-state index contributed by atoms with van der Waals surface area (Å²) in [6, 6.07) is 13.7. The minimum Gasteiger partial charge on any atom is -0.493 e. The lowest BCUT2D eigenvalue weighted by Gasteiger charge is -2.27. The molecule has 0 radical (unpaired) electrons. The molecule has 1 aromatic heterocycles. The Labute approximate surface area is 203 Å². The molecular weight excluding hydrogens is 448 g/mol. The number of allylic oxidation sites excluding steroid dienone is 1. The van der Waals surface area contributed by atoms with Crippen LogP contribution in [0.2, 0.25) is 0 Å². The molecule has 180 valence electrons. The topological polar surface area (TPSA) is 104 Å². The highest BCUT2D eigenvalue weighted by Crippen LogP contribution is 2.38. The average molecular weight is 475 g/mol. The van der Waals surface area contributed by atoms with Crippen LogP contribution in [0.25, 0.3) is 16.9 Å². The molecule has 0 fully saturated rings. The van der Waals surface area contributed by atoms with Crippen LogP contribution in [0.1, 0.15) is 18.5 Å². The zero-order valence-corrected chi connectivity index (χ0v) is 19.7. The van der Waals surface area contributed by atoms with Crippen molar-refractivity contribution in [3.63, 3.8) is 0 Å². The third-order valence-corrected chi connectivity index (χ3v) is 5.55. The Hall–Kier alpha value is -4.53. The summed E-state index contributed by atoms with van der Waals surface area (Å²) in [4.78, 5) is 25.4. The Morgan fingerprint density at radius 2 is 1.89 bits per heavy atom. The van der Waals surface area contributed by atoms with Crippen LogP contribution in [0.4, 0.5) is 4.79 Å². The first-order valence-electron chi connectivity index (χ1n) is 10.9. The average Bonchev–Trinajstić information content (AvgIpc) is 3.32. The smallest absolute Gasteiger partial charge is 0.338 e. The maximum Gasteiger partial charge on any atom is 0.338 e. The van der Waals surface area contributed by atoms with E-state index in [0.717, 1.165) is 11.3 Å². The number of nitrogens with zero attached hydrogens (tertiary/aromatic N) is 2. The zero-order chi connectivity index (χ0) is 24.9. The van der Waals surface area contributed by atoms with Gasteiger partial charge in [-0.25, -0.2) is 14.3 Å². The summed E-state index contributed by atoms with van der Waals surface area (Å²) in [7, 11) is 3.12. The predicted octanol–water partition coefficient (Wildman–Crippen LogP) is 3.91. The number of carbonyl (C=O) groups excluding carboxylic acids is 2. The van der Waals surface area contributed by atoms with E-state index >= 15 is 0 Å². The highest BCUT2D eigenvalue weighted by molar-refractivity contribution is 5.95. The summed E-state index contributed by atoms with van der Waals surface area (Å²) >= 11 is 0. The third-order valence-electron chi connectivity index (χ3n) is 5.55. The maximum atomic E-state index is 13.0. The van der Waals surface area contributed by atoms with Crippen molar-refractivity contribution in [3.05, 3.63) is 84.2 Å². The molecule has 2 heterocycles. The van der Waals surface area contributed by atoms with E-state index in [4.69, 9.17) is 19.3 Å². The standard InChI is InChI=1S/C26H26N4O5/c1-5-13-35-25(31)22-16(2)27-26(32)28-24(22)19-15-30(18-9-7-6-8-10-18)29-23(19)17-11-12-20(33-3)21(14-17)34-4/h5-12,14-15,24H,1,13H2,2-4H3,(H2,27,28,32)/t24-/m1/s1. The molecule has 2 N–H and O–H groups in total. The summed E-state index contributed by atoms with van der Waals surface area (Å²) < 4.78 is 17.9. The van der Waals surface area contributed by atoms with E-state index in [2.05, 4.69) is 17.2 Å². The van der Waals surface area contributed by atoms with Crippen LogP contribution in [0.5, 0.6) is 11.5 Å². The monoisotopic (exact) mass is 474 g/mol. The van der Waals surface area contributed by atoms with Crippen molar-refractivity contribution < 1.29 is 23.8 Å². The van der Waals surface area contributed by atoms with E-state index < -0.39 is 18.0 Å². The van der Waals surface area contributed by atoms with Gasteiger partial charge < -0.3 is 24.8 Å². The lowest BCUT2D eigenvalue weighted by molar-refractivity contribution is -0.138. The number of ether oxygens (including phenoxy) is 3. The number of benzene rings is 2. The number of amides is 2. The summed E-state index contributed by atoms with van der Waals surface area (Å²) in [5.41, 5.74) is 3.39. The van der Waals surface area contributed by atoms with Gasteiger partial charge in [0, 0.05) is 23.0 Å². The first-order valence-corrected chi connectivity index (χ1v) is 10.9. The quantitative estimate of drug-likeness (QED) is 0.379. The molecule has 1 aliphatic heterocycles. The first kappa shape index (κ1) is 23.6. The fraction of sp³-hybridized carbons (Fsp3) is 0.192. The Balaban J connectivity index is 1.90. The van der Waals surface area contributed by atoms with E-state index in [-0.39, 0.29) is 12.2 Å². The van der Waals surface area contributed by atoms with Gasteiger partial charge in [-0.3, -0.25) is 0 Å². The lowest BCUT2D eigenvalue weighted by atomic mass is 9.93. The lowest BCUT2D eigenvalue weighted by Crippen LogP contribution is -2.45. The molecule has 0 spiro atoms. The Bertz CT molecular complexity index is 1300. The summed E-state index contributed by atoms with van der Waals surface area (Å²) in [5, 5.41) is 10.3. The summed E-state index contributed by atoms with van der Waals surface area (Å²) in [5.74, 6) is 0.530. The normalized spacial score (nSPS) is 15.2. The highest BCUT2D eigenvalue weighted by Gasteiger charge is 2.35. The molecule has 0 unspecified atom stereocenters. The molecule has 0 aliphatic carbocycles. The number of aromatic nitrogens is 2. The minimum absolute atomic E-state index is 0.0437. The Morgan fingerprint density at radius 3 is 2.57 bits per heavy atom. The summed E-state index contributed by atoms with van der Waals surface area (Å²) in [6.45, 7) is 5.30. The molecule has 2 aromatic carbocycles. The maximum absolute atomic E-state index is 13.0. The van der Waals surface area contributed by atoms with Crippen LogP contribution >= 0.6 is 0 Å². The van der Waals surface area contributed by atoms with Crippen LogP contribution in [0.3, 0.4) is 0 Å². The molecule has 0 saturated heterocycles. The minimum atomic E-state index is -0.804. The fourth-order valence-electron chi connectivity index (χ4n) is 3.93. The van der Waals surface area contributed by atoms with Gasteiger partial charge in [0.25, 0.3) is 0 Å². The Kier molecular flexibility index (Phi) is 6.86. The molecule has 9 nitrogen and oxygen atoms in total. The fourth-order valence-corrected chi connectivity index (χ4v) is 3.93. The first-order chi connectivity index (χ1) is 17.0. The number of para-hydroxylation sites is 1. The van der Waals surface area contributed by atoms with Crippen molar-refractivity contribution in [1.82, 2.24) is 20.4 Å². The van der Waals surface area contributed by atoms with Crippen LogP contribution in [-0.4, -0.2) is 42.6 Å². The van der Waals surface area contributed by atoms with Crippen LogP contribution in [0.15, 0.2) is 78.7 Å². The van der Waals surface area contributed by atoms with Crippen LogP contribution in [-0.2, 0) is 9.53 Å². The van der Waals surface area contributed by atoms with Crippen molar-refractivity contribution >= 4 is 12.0 Å². The number of urea groups is 1. The van der Waals surface area contributed by atoms with E-state index in [0.29, 0.717) is 28.5 Å². The van der Waals surface area contributed by atoms with Gasteiger partial charge in [-0.1, -0.05) is 30.9 Å². The van der Waals surface area contributed by atoms with Crippen molar-refractivity contribution in [1.29, 1.82) is 0 Å². The van der Waals surface area contributed by atoms with Crippen LogP contribution < -0.4 is 20.1 Å². The van der Waals surface area contributed by atoms with Gasteiger partial charge >= 0.3 is 12.0 Å². The second kappa shape index (κ2) is 10.2. The third kappa shape index (κ3) is 4.74. The van der Waals surface area contributed by atoms with Crippen molar-refractivity contribution in [2.45, 2.75) is 13.0 Å². The molecule has 2 amide bonds. The molecule has 0 saturated carbocycles. The second-order valence-electron chi connectivity index (χ2n) is 7.74. The largest absolute Gasteiger partial charge is 0.493 e. The number of esters is 1. The molecule has 35 heavy (non-hydrogen) atoms. The zero-order valence-electron chi connectivity index (χ0n) is 19.7. The number of hydrogen-bond donors (Lipinski definition) is 2. The molecule has 0 bridgehead atoms. The van der Waals surface area contributed by atoms with Gasteiger partial charge in [-0.2, -0.15) is 5.10 Å². The van der Waals surface area contributed by atoms with E-state index in [1.165, 1.54) is 6.08 Å². The number of rotatable bonds is 8. The molecule has 4 rings (SSSR count). The number of carbonyl (C=O) groups is 2. The number of hydrogen-bond acceptors (Lipinski definition) is 6. The Morgan fingerprint density at radius 1 is 1.14 bits per heavy atom. The van der Waals surface area contributed by atoms with E-state index in [1.807, 2.05) is 36.4 Å². The number of nitrogens with one attached hydrogen (secondary N) is 2. The predicted molar refractivity (Wildman–Crippen MR) is 130 cm³/mol. The van der Waals surface area contributed by atoms with Crippen molar-refractivity contribution in [2.24, 2.45) is 0 Å². The second-order valence-corrected chi connectivity index (χ2v) is 7.74.